The lowest BCUT2D eigenvalue weighted by Crippen LogP contribution is -2.22. The minimum atomic E-state index is -0.387. The van der Waals surface area contributed by atoms with Gasteiger partial charge in [-0.15, -0.1) is 0 Å². The molecular formula is C12H19N3O3. The second-order valence-corrected chi connectivity index (χ2v) is 3.91. The van der Waals surface area contributed by atoms with Crippen molar-refractivity contribution in [1.82, 2.24) is 0 Å². The van der Waals surface area contributed by atoms with Crippen LogP contribution in [0.25, 0.3) is 0 Å². The van der Waals surface area contributed by atoms with Crippen molar-refractivity contribution >= 4 is 17.1 Å². The van der Waals surface area contributed by atoms with Gasteiger partial charge in [0.2, 0.25) is 0 Å². The molecule has 0 bridgehead atoms. The molecular weight excluding hydrogens is 234 g/mol. The van der Waals surface area contributed by atoms with Crippen molar-refractivity contribution in [3.05, 3.63) is 28.3 Å². The predicted octanol–water partition coefficient (Wildman–Crippen LogP) is 2.47. The molecule has 0 aliphatic carbocycles. The Kier molecular flexibility index (Phi) is 5.38. The van der Waals surface area contributed by atoms with Crippen LogP contribution in [0, 0.1) is 10.1 Å². The fourth-order valence-electron chi connectivity index (χ4n) is 1.66. The van der Waals surface area contributed by atoms with Gasteiger partial charge >= 0.3 is 5.69 Å². The third kappa shape index (κ3) is 3.59. The number of ether oxygens (including phenoxy) is 1. The van der Waals surface area contributed by atoms with E-state index in [1.807, 2.05) is 13.8 Å². The topological polar surface area (TPSA) is 76.4 Å². The summed E-state index contributed by atoms with van der Waals surface area (Å²) in [6.07, 6.45) is 0. The fourth-order valence-corrected chi connectivity index (χ4v) is 1.66. The van der Waals surface area contributed by atoms with Crippen LogP contribution in [0.5, 0.6) is 0 Å². The molecule has 1 aromatic rings. The van der Waals surface area contributed by atoms with E-state index in [4.69, 9.17) is 4.74 Å². The molecule has 0 radical (unpaired) electrons. The number of nitro groups is 1. The highest BCUT2D eigenvalue weighted by atomic mass is 16.6. The third-order valence-electron chi connectivity index (χ3n) is 2.46. The molecule has 0 aliphatic heterocycles. The Morgan fingerprint density at radius 3 is 2.67 bits per heavy atom. The quantitative estimate of drug-likeness (QED) is 0.576. The average molecular weight is 253 g/mol. The average Bonchev–Trinajstić information content (AvgIpc) is 2.35. The second-order valence-electron chi connectivity index (χ2n) is 3.91. The van der Waals surface area contributed by atoms with Crippen molar-refractivity contribution in [2.45, 2.75) is 19.9 Å². The molecule has 6 heteroatoms. The van der Waals surface area contributed by atoms with Crippen LogP contribution in [0.15, 0.2) is 18.2 Å². The van der Waals surface area contributed by atoms with Crippen molar-refractivity contribution in [3.63, 3.8) is 0 Å². The number of nitrogens with one attached hydrogen (secondary N) is 2. The molecule has 6 nitrogen and oxygen atoms in total. The molecule has 0 heterocycles. The Hall–Kier alpha value is -1.82. The number of hydrogen-bond donors (Lipinski definition) is 2. The van der Waals surface area contributed by atoms with Gasteiger partial charge in [0.15, 0.2) is 0 Å². The van der Waals surface area contributed by atoms with Crippen LogP contribution >= 0.6 is 0 Å². The molecule has 1 aromatic carbocycles. The number of para-hydroxylation sites is 1. The summed E-state index contributed by atoms with van der Waals surface area (Å²) in [5, 5.41) is 17.0. The molecule has 1 atom stereocenters. The van der Waals surface area contributed by atoms with Gasteiger partial charge in [-0.25, -0.2) is 0 Å². The van der Waals surface area contributed by atoms with Crippen LogP contribution in [-0.2, 0) is 4.74 Å². The van der Waals surface area contributed by atoms with Crippen LogP contribution in [0.1, 0.15) is 13.8 Å². The molecule has 0 aromatic heterocycles. The lowest BCUT2D eigenvalue weighted by molar-refractivity contribution is -0.383. The number of benzene rings is 1. The molecule has 0 spiro atoms. The third-order valence-corrected chi connectivity index (χ3v) is 2.46. The molecule has 0 amide bonds. The summed E-state index contributed by atoms with van der Waals surface area (Å²) in [7, 11) is 1.66. The smallest absolute Gasteiger partial charge is 0.315 e. The highest BCUT2D eigenvalue weighted by Crippen LogP contribution is 2.32. The van der Waals surface area contributed by atoms with Crippen molar-refractivity contribution in [2.24, 2.45) is 0 Å². The first-order valence-corrected chi connectivity index (χ1v) is 5.89. The summed E-state index contributed by atoms with van der Waals surface area (Å²) in [6.45, 7) is 4.98. The van der Waals surface area contributed by atoms with Crippen LogP contribution in [0.2, 0.25) is 0 Å². The van der Waals surface area contributed by atoms with E-state index in [-0.39, 0.29) is 16.7 Å². The van der Waals surface area contributed by atoms with Gasteiger partial charge in [0, 0.05) is 19.7 Å². The van der Waals surface area contributed by atoms with Crippen molar-refractivity contribution in [3.8, 4) is 0 Å². The van der Waals surface area contributed by atoms with E-state index in [0.29, 0.717) is 24.6 Å². The van der Waals surface area contributed by atoms with E-state index < -0.39 is 0 Å². The Morgan fingerprint density at radius 1 is 1.44 bits per heavy atom. The highest BCUT2D eigenvalue weighted by Gasteiger charge is 2.19. The van der Waals surface area contributed by atoms with E-state index in [2.05, 4.69) is 10.6 Å². The Bertz CT molecular complexity index is 410. The van der Waals surface area contributed by atoms with E-state index in [1.165, 1.54) is 0 Å². The van der Waals surface area contributed by atoms with E-state index in [9.17, 15) is 10.1 Å². The fraction of sp³-hybridized carbons (Fsp3) is 0.500. The zero-order valence-corrected chi connectivity index (χ0v) is 10.9. The minimum Gasteiger partial charge on any atom is -0.382 e. The first-order chi connectivity index (χ1) is 8.60. The van der Waals surface area contributed by atoms with E-state index in [1.54, 1.807) is 25.2 Å². The SMILES string of the molecule is CCOCC(C)Nc1cccc(NC)c1[N+](=O)[O-]. The molecule has 2 N–H and O–H groups in total. The summed E-state index contributed by atoms with van der Waals surface area (Å²) in [5.41, 5.74) is 1.05. The van der Waals surface area contributed by atoms with E-state index >= 15 is 0 Å². The van der Waals surface area contributed by atoms with Crippen LogP contribution in [0.4, 0.5) is 17.1 Å². The number of rotatable bonds is 7. The van der Waals surface area contributed by atoms with Gasteiger partial charge < -0.3 is 15.4 Å². The highest BCUT2D eigenvalue weighted by molar-refractivity contribution is 5.76. The maximum Gasteiger partial charge on any atom is 0.315 e. The maximum absolute atomic E-state index is 11.1. The first-order valence-electron chi connectivity index (χ1n) is 5.89. The summed E-state index contributed by atoms with van der Waals surface area (Å²) in [6, 6.07) is 5.16. The summed E-state index contributed by atoms with van der Waals surface area (Å²) >= 11 is 0. The minimum absolute atomic E-state index is 0.00996. The maximum atomic E-state index is 11.1. The number of nitro benzene ring substituents is 1. The number of anilines is 2. The van der Waals surface area contributed by atoms with E-state index in [0.717, 1.165) is 0 Å². The molecule has 1 rings (SSSR count). The lowest BCUT2D eigenvalue weighted by Gasteiger charge is -2.16. The summed E-state index contributed by atoms with van der Waals surface area (Å²) in [5.74, 6) is 0. The largest absolute Gasteiger partial charge is 0.382 e. The van der Waals surface area contributed by atoms with Crippen molar-refractivity contribution in [1.29, 1.82) is 0 Å². The van der Waals surface area contributed by atoms with Gasteiger partial charge in [0.25, 0.3) is 0 Å². The van der Waals surface area contributed by atoms with Crippen LogP contribution in [-0.4, -0.2) is 31.2 Å². The normalized spacial score (nSPS) is 11.9. The van der Waals surface area contributed by atoms with Crippen LogP contribution in [0.3, 0.4) is 0 Å². The molecule has 18 heavy (non-hydrogen) atoms. The van der Waals surface area contributed by atoms with Gasteiger partial charge in [0.05, 0.1) is 11.5 Å². The van der Waals surface area contributed by atoms with Crippen LogP contribution < -0.4 is 10.6 Å². The number of nitrogens with zero attached hydrogens (tertiary/aromatic N) is 1. The van der Waals surface area contributed by atoms with Crippen molar-refractivity contribution in [2.75, 3.05) is 30.9 Å². The van der Waals surface area contributed by atoms with Gasteiger partial charge in [0.1, 0.15) is 11.4 Å². The summed E-state index contributed by atoms with van der Waals surface area (Å²) in [4.78, 5) is 10.7. The molecule has 0 aliphatic rings. The molecule has 0 saturated heterocycles. The Morgan fingerprint density at radius 2 is 2.11 bits per heavy atom. The molecule has 1 unspecified atom stereocenters. The first kappa shape index (κ1) is 14.2. The summed E-state index contributed by atoms with van der Waals surface area (Å²) < 4.78 is 5.28. The zero-order valence-electron chi connectivity index (χ0n) is 10.9. The Balaban J connectivity index is 2.90. The van der Waals surface area contributed by atoms with Gasteiger partial charge in [-0.1, -0.05) is 6.07 Å². The monoisotopic (exact) mass is 253 g/mol. The molecule has 100 valence electrons. The predicted molar refractivity (Wildman–Crippen MR) is 72.2 cm³/mol. The molecule has 0 saturated carbocycles. The Labute approximate surface area is 106 Å². The second kappa shape index (κ2) is 6.80. The van der Waals surface area contributed by atoms with Gasteiger partial charge in [-0.05, 0) is 26.0 Å². The van der Waals surface area contributed by atoms with Crippen molar-refractivity contribution < 1.29 is 9.66 Å². The number of hydrogen-bond acceptors (Lipinski definition) is 5. The molecule has 0 fully saturated rings. The van der Waals surface area contributed by atoms with Gasteiger partial charge in [-0.2, -0.15) is 0 Å². The standard InChI is InChI=1S/C12H19N3O3/c1-4-18-8-9(2)14-11-7-5-6-10(13-3)12(11)15(16)17/h5-7,9,13-14H,4,8H2,1-3H3. The zero-order chi connectivity index (χ0) is 13.5. The van der Waals surface area contributed by atoms with Gasteiger partial charge in [-0.3, -0.25) is 10.1 Å². The lowest BCUT2D eigenvalue weighted by atomic mass is 10.2.